The second-order valence-electron chi connectivity index (χ2n) is 3.21. The summed E-state index contributed by atoms with van der Waals surface area (Å²) in [7, 11) is 2.75. The molecule has 1 saturated heterocycles. The molecule has 0 saturated carbocycles. The summed E-state index contributed by atoms with van der Waals surface area (Å²) in [4.78, 5) is 35.9. The molecule has 0 bridgehead atoms. The summed E-state index contributed by atoms with van der Waals surface area (Å²) < 4.78 is 0. The fourth-order valence-corrected chi connectivity index (χ4v) is 1.33. The first-order valence-corrected chi connectivity index (χ1v) is 4.06. The second-order valence-corrected chi connectivity index (χ2v) is 3.21. The molecule has 0 aromatic heterocycles. The predicted molar refractivity (Wildman–Crippen MR) is 47.0 cm³/mol. The van der Waals surface area contributed by atoms with Gasteiger partial charge in [-0.05, 0) is 6.92 Å². The minimum atomic E-state index is -1.03. The van der Waals surface area contributed by atoms with Gasteiger partial charge in [-0.25, -0.2) is 9.69 Å². The van der Waals surface area contributed by atoms with Gasteiger partial charge >= 0.3 is 6.03 Å². The number of imide groups is 1. The Balaban J connectivity index is 3.10. The lowest BCUT2D eigenvalue weighted by Gasteiger charge is -2.27. The quantitative estimate of drug-likeness (QED) is 0.489. The monoisotopic (exact) mass is 198 g/mol. The highest BCUT2D eigenvalue weighted by Gasteiger charge is 2.47. The summed E-state index contributed by atoms with van der Waals surface area (Å²) in [6.07, 6.45) is 0. The van der Waals surface area contributed by atoms with Crippen molar-refractivity contribution >= 4 is 23.6 Å². The van der Waals surface area contributed by atoms with E-state index >= 15 is 0 Å². The number of rotatable bonds is 1. The van der Waals surface area contributed by atoms with Crippen LogP contribution in [0.4, 0.5) is 4.79 Å². The SMILES string of the molecule is CC(=O)C1C(=[NH2+])N(C)C(=O)N(C)C1=O. The summed E-state index contributed by atoms with van der Waals surface area (Å²) in [6.45, 7) is 1.27. The molecule has 14 heavy (non-hydrogen) atoms. The molecule has 1 rings (SSSR count). The number of Topliss-reactive ketones (excluding diaryl/α,β-unsaturated/α-hetero) is 1. The van der Waals surface area contributed by atoms with Gasteiger partial charge in [0.05, 0.1) is 7.05 Å². The van der Waals surface area contributed by atoms with Crippen molar-refractivity contribution in [1.82, 2.24) is 9.80 Å². The van der Waals surface area contributed by atoms with Crippen molar-refractivity contribution < 1.29 is 19.8 Å². The zero-order valence-corrected chi connectivity index (χ0v) is 8.27. The Morgan fingerprint density at radius 2 is 1.79 bits per heavy atom. The average molecular weight is 198 g/mol. The van der Waals surface area contributed by atoms with Crippen molar-refractivity contribution in [2.45, 2.75) is 6.92 Å². The summed E-state index contributed by atoms with van der Waals surface area (Å²) >= 11 is 0. The number of nitrogens with two attached hydrogens (primary N) is 1. The van der Waals surface area contributed by atoms with Gasteiger partial charge in [-0.15, -0.1) is 0 Å². The number of ketones is 1. The molecule has 76 valence electrons. The number of amidine groups is 1. The number of urea groups is 1. The van der Waals surface area contributed by atoms with Crippen molar-refractivity contribution in [1.29, 1.82) is 0 Å². The molecule has 3 amide bonds. The summed E-state index contributed by atoms with van der Waals surface area (Å²) in [5.41, 5.74) is 0. The minimum absolute atomic E-state index is 0.00870. The van der Waals surface area contributed by atoms with Crippen LogP contribution in [-0.2, 0) is 9.59 Å². The van der Waals surface area contributed by atoms with E-state index in [-0.39, 0.29) is 11.6 Å². The van der Waals surface area contributed by atoms with Crippen LogP contribution in [-0.4, -0.2) is 47.5 Å². The second kappa shape index (κ2) is 3.21. The first-order valence-electron chi connectivity index (χ1n) is 4.06. The Kier molecular flexibility index (Phi) is 2.37. The predicted octanol–water partition coefficient (Wildman–Crippen LogP) is -2.13. The third kappa shape index (κ3) is 1.28. The largest absolute Gasteiger partial charge is 0.417 e. The lowest BCUT2D eigenvalue weighted by Crippen LogP contribution is -2.67. The first-order chi connectivity index (χ1) is 6.37. The zero-order chi connectivity index (χ0) is 11.0. The van der Waals surface area contributed by atoms with E-state index in [0.717, 1.165) is 9.80 Å². The Morgan fingerprint density at radius 1 is 1.29 bits per heavy atom. The maximum Gasteiger partial charge on any atom is 0.417 e. The lowest BCUT2D eigenvalue weighted by molar-refractivity contribution is -0.151. The maximum absolute atomic E-state index is 11.5. The molecule has 1 aliphatic rings. The smallest absolute Gasteiger partial charge is 0.298 e. The van der Waals surface area contributed by atoms with Crippen LogP contribution in [0.2, 0.25) is 0 Å². The highest BCUT2D eigenvalue weighted by atomic mass is 16.2. The van der Waals surface area contributed by atoms with Crippen LogP contribution >= 0.6 is 0 Å². The highest BCUT2D eigenvalue weighted by molar-refractivity contribution is 6.25. The number of carbonyl (C=O) groups excluding carboxylic acids is 3. The molecule has 2 N–H and O–H groups in total. The standard InChI is InChI=1S/C8H11N3O3/c1-4(12)5-6(9)10(2)8(14)11(3)7(5)13/h5,9H,1-3H3/p+1. The molecular weight excluding hydrogens is 186 g/mol. The van der Waals surface area contributed by atoms with Crippen molar-refractivity contribution in [3.63, 3.8) is 0 Å². The number of nitrogens with zero attached hydrogens (tertiary/aromatic N) is 2. The molecule has 1 heterocycles. The Hall–Kier alpha value is -1.72. The van der Waals surface area contributed by atoms with E-state index in [1.807, 2.05) is 0 Å². The van der Waals surface area contributed by atoms with Gasteiger partial charge < -0.3 is 0 Å². The zero-order valence-electron chi connectivity index (χ0n) is 8.27. The van der Waals surface area contributed by atoms with Gasteiger partial charge in [0.25, 0.3) is 11.7 Å². The summed E-state index contributed by atoms with van der Waals surface area (Å²) in [5, 5.41) is 5.52. The van der Waals surface area contributed by atoms with Gasteiger partial charge in [0.15, 0.2) is 11.7 Å². The van der Waals surface area contributed by atoms with Crippen LogP contribution in [0.5, 0.6) is 0 Å². The van der Waals surface area contributed by atoms with Crippen LogP contribution in [0.25, 0.3) is 0 Å². The van der Waals surface area contributed by atoms with Crippen molar-refractivity contribution in [2.24, 2.45) is 5.92 Å². The molecule has 6 heteroatoms. The Labute approximate surface area is 81.0 Å². The highest BCUT2D eigenvalue weighted by Crippen LogP contribution is 2.14. The van der Waals surface area contributed by atoms with E-state index in [2.05, 4.69) is 0 Å². The van der Waals surface area contributed by atoms with Gasteiger partial charge in [0.2, 0.25) is 0 Å². The molecule has 0 aromatic rings. The number of amides is 3. The van der Waals surface area contributed by atoms with Gasteiger partial charge in [-0.1, -0.05) is 0 Å². The molecule has 1 unspecified atom stereocenters. The molecule has 1 atom stereocenters. The van der Waals surface area contributed by atoms with Gasteiger partial charge in [0, 0.05) is 7.05 Å². The van der Waals surface area contributed by atoms with Crippen LogP contribution in [0, 0.1) is 5.92 Å². The Bertz CT molecular complexity index is 313. The van der Waals surface area contributed by atoms with E-state index in [4.69, 9.17) is 5.41 Å². The molecule has 0 aromatic carbocycles. The van der Waals surface area contributed by atoms with Gasteiger partial charge in [0.1, 0.15) is 0 Å². The molecule has 0 radical (unpaired) electrons. The normalized spacial score (nSPS) is 23.1. The van der Waals surface area contributed by atoms with E-state index in [1.54, 1.807) is 0 Å². The van der Waals surface area contributed by atoms with Crippen molar-refractivity contribution in [3.05, 3.63) is 0 Å². The molecule has 1 aliphatic heterocycles. The van der Waals surface area contributed by atoms with E-state index in [1.165, 1.54) is 21.0 Å². The van der Waals surface area contributed by atoms with Crippen LogP contribution in [0.3, 0.4) is 0 Å². The fraction of sp³-hybridized carbons (Fsp3) is 0.500. The van der Waals surface area contributed by atoms with Gasteiger partial charge in [-0.3, -0.25) is 15.0 Å². The molecule has 1 fully saturated rings. The third-order valence-electron chi connectivity index (χ3n) is 2.24. The number of hydrogen-bond acceptors (Lipinski definition) is 3. The summed E-state index contributed by atoms with van der Waals surface area (Å²) in [6, 6.07) is -0.523. The molecular formula is C8H12N3O3+. The first kappa shape index (κ1) is 10.4. The third-order valence-corrected chi connectivity index (χ3v) is 2.24. The van der Waals surface area contributed by atoms with Crippen LogP contribution in [0.1, 0.15) is 6.92 Å². The average Bonchev–Trinajstić information content (AvgIpc) is 2.11. The summed E-state index contributed by atoms with van der Waals surface area (Å²) in [5.74, 6) is -1.97. The van der Waals surface area contributed by atoms with Gasteiger partial charge in [-0.2, -0.15) is 4.90 Å². The van der Waals surface area contributed by atoms with E-state index in [9.17, 15) is 14.4 Å². The van der Waals surface area contributed by atoms with E-state index < -0.39 is 17.9 Å². The molecule has 6 nitrogen and oxygen atoms in total. The van der Waals surface area contributed by atoms with E-state index in [0.29, 0.717) is 0 Å². The molecule has 0 aliphatic carbocycles. The van der Waals surface area contributed by atoms with Crippen molar-refractivity contribution in [3.8, 4) is 0 Å². The Morgan fingerprint density at radius 3 is 2.21 bits per heavy atom. The van der Waals surface area contributed by atoms with Crippen LogP contribution in [0.15, 0.2) is 0 Å². The number of hydrogen-bond donors (Lipinski definition) is 1. The van der Waals surface area contributed by atoms with Crippen LogP contribution < -0.4 is 5.41 Å². The maximum atomic E-state index is 11.5. The number of carbonyl (C=O) groups is 3. The topological polar surface area (TPSA) is 83.3 Å². The van der Waals surface area contributed by atoms with Crippen molar-refractivity contribution in [2.75, 3.05) is 14.1 Å². The minimum Gasteiger partial charge on any atom is -0.298 e. The molecule has 0 spiro atoms. The lowest BCUT2D eigenvalue weighted by atomic mass is 9.99. The fourth-order valence-electron chi connectivity index (χ4n) is 1.33.